The van der Waals surface area contributed by atoms with Gasteiger partial charge in [0.15, 0.2) is 0 Å². The second-order valence-corrected chi connectivity index (χ2v) is 4.58. The van der Waals surface area contributed by atoms with Crippen molar-refractivity contribution in [3.63, 3.8) is 0 Å². The Labute approximate surface area is 121 Å². The minimum atomic E-state index is -0.956. The number of nitrogens with zero attached hydrogens (tertiary/aromatic N) is 3. The molecule has 0 saturated carbocycles. The maximum atomic E-state index is 11.9. The highest BCUT2D eigenvalue weighted by atomic mass is 16.4. The van der Waals surface area contributed by atoms with Gasteiger partial charge in [-0.2, -0.15) is 0 Å². The Kier molecular flexibility index (Phi) is 5.03. The van der Waals surface area contributed by atoms with Crippen molar-refractivity contribution >= 4 is 11.9 Å². The van der Waals surface area contributed by atoms with Gasteiger partial charge in [0.1, 0.15) is 12.7 Å². The number of benzene rings is 1. The number of carbonyl (C=O) groups is 2. The van der Waals surface area contributed by atoms with Crippen LogP contribution in [0.25, 0.3) is 0 Å². The summed E-state index contributed by atoms with van der Waals surface area (Å²) in [5, 5.41) is 19.0. The van der Waals surface area contributed by atoms with Gasteiger partial charge in [-0.15, -0.1) is 10.2 Å². The summed E-state index contributed by atoms with van der Waals surface area (Å²) in [7, 11) is 0. The molecule has 0 saturated heterocycles. The average Bonchev–Trinajstić information content (AvgIpc) is 2.98. The average molecular weight is 288 g/mol. The molecule has 0 spiro atoms. The van der Waals surface area contributed by atoms with E-state index in [4.69, 9.17) is 5.11 Å². The van der Waals surface area contributed by atoms with Crippen LogP contribution in [0.15, 0.2) is 43.0 Å². The maximum absolute atomic E-state index is 11.9. The molecule has 1 aromatic heterocycles. The number of amides is 1. The summed E-state index contributed by atoms with van der Waals surface area (Å²) in [4.78, 5) is 22.9. The van der Waals surface area contributed by atoms with E-state index >= 15 is 0 Å². The lowest BCUT2D eigenvalue weighted by Gasteiger charge is -2.17. The van der Waals surface area contributed by atoms with Crippen molar-refractivity contribution in [1.82, 2.24) is 20.1 Å². The number of carbonyl (C=O) groups excluding carboxylic acids is 1. The number of aryl methyl sites for hydroxylation is 1. The highest BCUT2D eigenvalue weighted by Crippen LogP contribution is 2.16. The first-order valence-corrected chi connectivity index (χ1v) is 6.53. The summed E-state index contributed by atoms with van der Waals surface area (Å²) in [6.07, 6.45) is 3.14. The van der Waals surface area contributed by atoms with E-state index in [1.165, 1.54) is 12.7 Å². The molecule has 110 valence electrons. The fraction of sp³-hybridized carbons (Fsp3) is 0.286. The first-order valence-electron chi connectivity index (χ1n) is 6.53. The number of carboxylic acid groups (broad SMARTS) is 1. The topological polar surface area (TPSA) is 97.1 Å². The van der Waals surface area contributed by atoms with Crippen LogP contribution in [0.2, 0.25) is 0 Å². The number of nitrogens with one attached hydrogen (secondary N) is 1. The lowest BCUT2D eigenvalue weighted by atomic mass is 10.0. The van der Waals surface area contributed by atoms with Gasteiger partial charge in [0.2, 0.25) is 5.91 Å². The highest BCUT2D eigenvalue weighted by Gasteiger charge is 2.17. The van der Waals surface area contributed by atoms with Crippen molar-refractivity contribution in [3.05, 3.63) is 48.5 Å². The van der Waals surface area contributed by atoms with E-state index in [2.05, 4.69) is 15.5 Å². The second-order valence-electron chi connectivity index (χ2n) is 4.58. The smallest absolute Gasteiger partial charge is 0.305 e. The fourth-order valence-corrected chi connectivity index (χ4v) is 1.95. The first-order chi connectivity index (χ1) is 10.1. The summed E-state index contributed by atoms with van der Waals surface area (Å²) >= 11 is 0. The van der Waals surface area contributed by atoms with Crippen LogP contribution in [0.4, 0.5) is 0 Å². The van der Waals surface area contributed by atoms with Gasteiger partial charge in [0.05, 0.1) is 12.5 Å². The Hall–Kier alpha value is -2.70. The number of rotatable bonds is 7. The van der Waals surface area contributed by atoms with Crippen LogP contribution in [0, 0.1) is 0 Å². The molecule has 0 bridgehead atoms. The molecule has 2 N–H and O–H groups in total. The normalized spacial score (nSPS) is 11.8. The molecule has 21 heavy (non-hydrogen) atoms. The van der Waals surface area contributed by atoms with Crippen molar-refractivity contribution in [2.45, 2.75) is 25.4 Å². The minimum absolute atomic E-state index is 0.150. The molecule has 1 heterocycles. The Morgan fingerprint density at radius 2 is 1.86 bits per heavy atom. The quantitative estimate of drug-likeness (QED) is 0.792. The molecule has 2 rings (SSSR count). The molecule has 1 amide bonds. The van der Waals surface area contributed by atoms with E-state index in [-0.39, 0.29) is 18.7 Å². The van der Waals surface area contributed by atoms with Gasteiger partial charge in [-0.1, -0.05) is 30.3 Å². The number of aliphatic carboxylic acids is 1. The zero-order valence-electron chi connectivity index (χ0n) is 11.3. The van der Waals surface area contributed by atoms with Gasteiger partial charge in [-0.05, 0) is 5.56 Å². The third kappa shape index (κ3) is 4.72. The molecule has 0 radical (unpaired) electrons. The second kappa shape index (κ2) is 7.18. The van der Waals surface area contributed by atoms with E-state index in [1.54, 1.807) is 16.7 Å². The first kappa shape index (κ1) is 14.7. The van der Waals surface area contributed by atoms with Gasteiger partial charge in [-0.25, -0.2) is 0 Å². The lowest BCUT2D eigenvalue weighted by molar-refractivity contribution is -0.137. The Morgan fingerprint density at radius 3 is 2.48 bits per heavy atom. The number of aromatic nitrogens is 3. The molecule has 0 fully saturated rings. The minimum Gasteiger partial charge on any atom is -0.481 e. The van der Waals surface area contributed by atoms with Crippen molar-refractivity contribution in [1.29, 1.82) is 0 Å². The van der Waals surface area contributed by atoms with Gasteiger partial charge in [0, 0.05) is 13.0 Å². The largest absolute Gasteiger partial charge is 0.481 e. The van der Waals surface area contributed by atoms with E-state index in [9.17, 15) is 9.59 Å². The number of carboxylic acids is 1. The standard InChI is InChI=1S/C14H16N4O3/c19-13(6-7-18-9-15-16-10-18)17-12(8-14(20)21)11-4-2-1-3-5-11/h1-5,9-10,12H,6-8H2,(H,17,19)(H,20,21). The maximum Gasteiger partial charge on any atom is 0.305 e. The molecular weight excluding hydrogens is 272 g/mol. The molecule has 0 aliphatic carbocycles. The van der Waals surface area contributed by atoms with Crippen LogP contribution in [0.3, 0.4) is 0 Å². The van der Waals surface area contributed by atoms with Crippen LogP contribution in [0.1, 0.15) is 24.4 Å². The van der Waals surface area contributed by atoms with Crippen LogP contribution >= 0.6 is 0 Å². The SMILES string of the molecule is O=C(O)CC(NC(=O)CCn1cnnc1)c1ccccc1. The molecule has 7 nitrogen and oxygen atoms in total. The summed E-state index contributed by atoms with van der Waals surface area (Å²) in [6, 6.07) is 8.54. The summed E-state index contributed by atoms with van der Waals surface area (Å²) in [5.41, 5.74) is 0.776. The highest BCUT2D eigenvalue weighted by molar-refractivity contribution is 5.77. The van der Waals surface area contributed by atoms with Gasteiger partial charge in [0.25, 0.3) is 0 Å². The van der Waals surface area contributed by atoms with Gasteiger partial charge >= 0.3 is 5.97 Å². The Balaban J connectivity index is 1.94. The van der Waals surface area contributed by atoms with E-state index in [0.717, 1.165) is 5.56 Å². The van der Waals surface area contributed by atoms with E-state index < -0.39 is 12.0 Å². The molecule has 7 heteroatoms. The summed E-state index contributed by atoms with van der Waals surface area (Å²) in [6.45, 7) is 0.452. The molecule has 1 atom stereocenters. The third-order valence-corrected chi connectivity index (χ3v) is 2.98. The molecule has 0 aliphatic heterocycles. The van der Waals surface area contributed by atoms with Crippen LogP contribution in [-0.4, -0.2) is 31.7 Å². The number of hydrogen-bond acceptors (Lipinski definition) is 4. The van der Waals surface area contributed by atoms with Crippen molar-refractivity contribution in [2.75, 3.05) is 0 Å². The number of hydrogen-bond donors (Lipinski definition) is 2. The van der Waals surface area contributed by atoms with Crippen LogP contribution in [0.5, 0.6) is 0 Å². The van der Waals surface area contributed by atoms with Gasteiger partial charge < -0.3 is 15.0 Å². The van der Waals surface area contributed by atoms with Crippen LogP contribution < -0.4 is 5.32 Å². The zero-order chi connectivity index (χ0) is 15.1. The molecule has 1 aromatic carbocycles. The Bertz CT molecular complexity index is 584. The summed E-state index contributed by atoms with van der Waals surface area (Å²) < 4.78 is 1.69. The Morgan fingerprint density at radius 1 is 1.19 bits per heavy atom. The fourth-order valence-electron chi connectivity index (χ4n) is 1.95. The van der Waals surface area contributed by atoms with Gasteiger partial charge in [-0.3, -0.25) is 9.59 Å². The zero-order valence-corrected chi connectivity index (χ0v) is 11.3. The van der Waals surface area contributed by atoms with Crippen molar-refractivity contribution in [2.24, 2.45) is 0 Å². The monoisotopic (exact) mass is 288 g/mol. The van der Waals surface area contributed by atoms with Crippen molar-refractivity contribution < 1.29 is 14.7 Å². The van der Waals surface area contributed by atoms with E-state index in [0.29, 0.717) is 6.54 Å². The molecular formula is C14H16N4O3. The third-order valence-electron chi connectivity index (χ3n) is 2.98. The van der Waals surface area contributed by atoms with E-state index in [1.807, 2.05) is 18.2 Å². The summed E-state index contributed by atoms with van der Waals surface area (Å²) in [5.74, 6) is -1.17. The predicted octanol–water partition coefficient (Wildman–Crippen LogP) is 1.00. The van der Waals surface area contributed by atoms with Crippen LogP contribution in [-0.2, 0) is 16.1 Å². The molecule has 0 aliphatic rings. The molecule has 2 aromatic rings. The van der Waals surface area contributed by atoms with Crippen molar-refractivity contribution in [3.8, 4) is 0 Å². The lowest BCUT2D eigenvalue weighted by Crippen LogP contribution is -2.30. The predicted molar refractivity (Wildman–Crippen MR) is 74.2 cm³/mol. The molecule has 1 unspecified atom stereocenters.